The maximum Gasteiger partial charge on any atom is 0.387 e. The molecular formula is C24H19F2N3O5. The normalized spacial score (nSPS) is 11.3. The first kappa shape index (κ1) is 21.5. The Labute approximate surface area is 192 Å². The molecule has 0 fully saturated rings. The molecule has 1 N–H and O–H groups in total. The van der Waals surface area contributed by atoms with Gasteiger partial charge in [-0.15, -0.1) is 0 Å². The Bertz CT molecular complexity index is 1460. The van der Waals surface area contributed by atoms with E-state index in [1.807, 2.05) is 36.4 Å². The third kappa shape index (κ3) is 4.05. The molecular weight excluding hydrogens is 448 g/mol. The first-order valence-electron chi connectivity index (χ1n) is 10.2. The molecule has 0 aliphatic rings. The molecule has 5 aromatic rings. The molecule has 3 aromatic carbocycles. The highest BCUT2D eigenvalue weighted by Crippen LogP contribution is 2.37. The Morgan fingerprint density at radius 2 is 1.74 bits per heavy atom. The molecule has 0 radical (unpaired) electrons. The summed E-state index contributed by atoms with van der Waals surface area (Å²) in [6, 6.07) is 16.0. The number of aromatic nitrogens is 2. The van der Waals surface area contributed by atoms with Crippen LogP contribution in [0.4, 0.5) is 14.5 Å². The fraction of sp³-hybridized carbons (Fsp3) is 0.167. The van der Waals surface area contributed by atoms with Crippen LogP contribution < -0.4 is 19.5 Å². The largest absolute Gasteiger partial charge is 0.495 e. The number of halogens is 2. The van der Waals surface area contributed by atoms with Crippen LogP contribution in [0.25, 0.3) is 33.3 Å². The van der Waals surface area contributed by atoms with Crippen LogP contribution in [-0.4, -0.2) is 31.0 Å². The van der Waals surface area contributed by atoms with Gasteiger partial charge in [0.15, 0.2) is 11.5 Å². The van der Waals surface area contributed by atoms with E-state index in [4.69, 9.17) is 18.4 Å². The lowest BCUT2D eigenvalue weighted by molar-refractivity contribution is -0.0512. The minimum absolute atomic E-state index is 0.0836. The Balaban J connectivity index is 1.37. The maximum atomic E-state index is 12.5. The molecule has 0 amide bonds. The van der Waals surface area contributed by atoms with Gasteiger partial charge in [0, 0.05) is 22.4 Å². The predicted octanol–water partition coefficient (Wildman–Crippen LogP) is 5.87. The zero-order valence-corrected chi connectivity index (χ0v) is 18.2. The van der Waals surface area contributed by atoms with Crippen LogP contribution in [0.2, 0.25) is 0 Å². The summed E-state index contributed by atoms with van der Waals surface area (Å²) in [4.78, 5) is 4.37. The van der Waals surface area contributed by atoms with E-state index >= 15 is 0 Å². The van der Waals surface area contributed by atoms with Crippen LogP contribution in [0.15, 0.2) is 63.5 Å². The van der Waals surface area contributed by atoms with E-state index in [9.17, 15) is 8.78 Å². The number of anilines is 1. The highest BCUT2D eigenvalue weighted by atomic mass is 19.3. The van der Waals surface area contributed by atoms with Gasteiger partial charge in [-0.3, -0.25) is 0 Å². The highest BCUT2D eigenvalue weighted by molar-refractivity contribution is 6.06. The number of nitrogens with zero attached hydrogens (tertiary/aromatic N) is 2. The third-order valence-corrected chi connectivity index (χ3v) is 5.23. The minimum Gasteiger partial charge on any atom is -0.495 e. The van der Waals surface area contributed by atoms with Crippen molar-refractivity contribution in [3.8, 4) is 28.6 Å². The van der Waals surface area contributed by atoms with Crippen molar-refractivity contribution < 1.29 is 31.9 Å². The molecule has 0 saturated heterocycles. The van der Waals surface area contributed by atoms with Crippen molar-refractivity contribution in [1.29, 1.82) is 0 Å². The SMILES string of the molecule is COc1cc2c(cc1NCc1nc(-c3ccc(OC(F)F)c(OC)c3)no1)oc1ccccc12. The molecule has 2 aromatic heterocycles. The van der Waals surface area contributed by atoms with E-state index in [0.29, 0.717) is 28.5 Å². The fourth-order valence-corrected chi connectivity index (χ4v) is 3.67. The van der Waals surface area contributed by atoms with Gasteiger partial charge in [-0.1, -0.05) is 23.4 Å². The molecule has 0 aliphatic heterocycles. The lowest BCUT2D eigenvalue weighted by atomic mass is 10.1. The Kier molecular flexibility index (Phi) is 5.62. The summed E-state index contributed by atoms with van der Waals surface area (Å²) < 4.78 is 51.5. The number of fused-ring (bicyclic) bond motifs is 3. The fourth-order valence-electron chi connectivity index (χ4n) is 3.67. The van der Waals surface area contributed by atoms with Crippen LogP contribution >= 0.6 is 0 Å². The first-order valence-corrected chi connectivity index (χ1v) is 10.2. The molecule has 174 valence electrons. The number of hydrogen-bond acceptors (Lipinski definition) is 8. The van der Waals surface area contributed by atoms with Crippen LogP contribution in [0, 0.1) is 0 Å². The number of benzene rings is 3. The van der Waals surface area contributed by atoms with Crippen molar-refractivity contribution in [2.24, 2.45) is 0 Å². The smallest absolute Gasteiger partial charge is 0.387 e. The summed E-state index contributed by atoms with van der Waals surface area (Å²) >= 11 is 0. The third-order valence-electron chi connectivity index (χ3n) is 5.23. The van der Waals surface area contributed by atoms with E-state index in [0.717, 1.165) is 16.4 Å². The molecule has 0 spiro atoms. The summed E-state index contributed by atoms with van der Waals surface area (Å²) in [5, 5.41) is 9.15. The zero-order valence-electron chi connectivity index (χ0n) is 18.2. The second-order valence-corrected chi connectivity index (χ2v) is 7.26. The van der Waals surface area contributed by atoms with Gasteiger partial charge in [-0.25, -0.2) is 0 Å². The van der Waals surface area contributed by atoms with Crippen molar-refractivity contribution in [2.75, 3.05) is 19.5 Å². The number of furan rings is 1. The van der Waals surface area contributed by atoms with E-state index in [-0.39, 0.29) is 23.9 Å². The number of rotatable bonds is 8. The molecule has 0 aliphatic carbocycles. The molecule has 0 saturated carbocycles. The van der Waals surface area contributed by atoms with Crippen molar-refractivity contribution in [1.82, 2.24) is 10.1 Å². The first-order chi connectivity index (χ1) is 16.6. The van der Waals surface area contributed by atoms with E-state index < -0.39 is 6.61 Å². The average Bonchev–Trinajstić information content (AvgIpc) is 3.46. The number of para-hydroxylation sites is 1. The van der Waals surface area contributed by atoms with Crippen molar-refractivity contribution in [3.05, 3.63) is 60.5 Å². The van der Waals surface area contributed by atoms with Gasteiger partial charge in [0.1, 0.15) is 16.9 Å². The van der Waals surface area contributed by atoms with Crippen molar-refractivity contribution in [2.45, 2.75) is 13.2 Å². The summed E-state index contributed by atoms with van der Waals surface area (Å²) in [6.45, 7) is -2.74. The van der Waals surface area contributed by atoms with Crippen LogP contribution in [0.5, 0.6) is 17.2 Å². The van der Waals surface area contributed by atoms with E-state index in [2.05, 4.69) is 20.2 Å². The second-order valence-electron chi connectivity index (χ2n) is 7.26. The predicted molar refractivity (Wildman–Crippen MR) is 121 cm³/mol. The molecule has 0 unspecified atom stereocenters. The van der Waals surface area contributed by atoms with E-state index in [1.165, 1.54) is 19.2 Å². The number of hydrogen-bond donors (Lipinski definition) is 1. The van der Waals surface area contributed by atoms with Gasteiger partial charge in [-0.05, 0) is 30.3 Å². The van der Waals surface area contributed by atoms with Gasteiger partial charge >= 0.3 is 6.61 Å². The van der Waals surface area contributed by atoms with Gasteiger partial charge in [-0.2, -0.15) is 13.8 Å². The van der Waals surface area contributed by atoms with Crippen molar-refractivity contribution >= 4 is 27.6 Å². The minimum atomic E-state index is -2.96. The lowest BCUT2D eigenvalue weighted by Gasteiger charge is -2.10. The van der Waals surface area contributed by atoms with E-state index in [1.54, 1.807) is 13.2 Å². The average molecular weight is 467 g/mol. The van der Waals surface area contributed by atoms with Crippen LogP contribution in [0.3, 0.4) is 0 Å². The van der Waals surface area contributed by atoms with Gasteiger partial charge in [0.05, 0.1) is 26.5 Å². The molecule has 8 nitrogen and oxygen atoms in total. The summed E-state index contributed by atoms with van der Waals surface area (Å²) in [7, 11) is 2.95. The summed E-state index contributed by atoms with van der Waals surface area (Å²) in [5.74, 6) is 1.27. The number of ether oxygens (including phenoxy) is 3. The molecule has 2 heterocycles. The topological polar surface area (TPSA) is 91.8 Å². The molecule has 10 heteroatoms. The highest BCUT2D eigenvalue weighted by Gasteiger charge is 2.16. The number of methoxy groups -OCH3 is 2. The van der Waals surface area contributed by atoms with Gasteiger partial charge < -0.3 is 28.5 Å². The number of alkyl halides is 2. The summed E-state index contributed by atoms with van der Waals surface area (Å²) in [5.41, 5.74) is 2.73. The monoisotopic (exact) mass is 467 g/mol. The molecule has 5 rings (SSSR count). The maximum absolute atomic E-state index is 12.5. The van der Waals surface area contributed by atoms with Gasteiger partial charge in [0.25, 0.3) is 0 Å². The Morgan fingerprint density at radius 1 is 0.912 bits per heavy atom. The standard InChI is InChI=1S/C24H19F2N3O5/c1-30-20-10-15-14-5-3-4-6-17(14)32-19(15)11-16(20)27-12-22-28-23(29-34-22)13-7-8-18(33-24(25)26)21(9-13)31-2/h3-11,24,27H,12H2,1-2H3. The molecule has 0 bridgehead atoms. The quantitative estimate of drug-likeness (QED) is 0.303. The van der Waals surface area contributed by atoms with Gasteiger partial charge in [0.2, 0.25) is 11.7 Å². The van der Waals surface area contributed by atoms with Crippen LogP contribution in [0.1, 0.15) is 5.89 Å². The summed E-state index contributed by atoms with van der Waals surface area (Å²) in [6.07, 6.45) is 0. The van der Waals surface area contributed by atoms with Crippen LogP contribution in [-0.2, 0) is 6.54 Å². The lowest BCUT2D eigenvalue weighted by Crippen LogP contribution is -2.03. The molecule has 0 atom stereocenters. The zero-order chi connectivity index (χ0) is 23.7. The number of nitrogens with one attached hydrogen (secondary N) is 1. The second kappa shape index (κ2) is 8.89. The molecule has 34 heavy (non-hydrogen) atoms. The van der Waals surface area contributed by atoms with Crippen molar-refractivity contribution in [3.63, 3.8) is 0 Å². The Morgan fingerprint density at radius 3 is 2.53 bits per heavy atom. The Hall–Kier alpha value is -4.34.